The van der Waals surface area contributed by atoms with Gasteiger partial charge in [-0.05, 0) is 48.5 Å². The Morgan fingerprint density at radius 3 is 1.71 bits per heavy atom. The summed E-state index contributed by atoms with van der Waals surface area (Å²) in [5.41, 5.74) is 8.44. The number of benzene rings is 7. The molecule has 0 aliphatic rings. The first-order valence-corrected chi connectivity index (χ1v) is 17.3. The summed E-state index contributed by atoms with van der Waals surface area (Å²) in [6.45, 7) is 0. The minimum Gasteiger partial charge on any atom is -0.456 e. The molecule has 0 aliphatic carbocycles. The molecule has 0 fully saturated rings. The van der Waals surface area contributed by atoms with E-state index in [9.17, 15) is 0 Å². The van der Waals surface area contributed by atoms with Crippen molar-refractivity contribution in [2.24, 2.45) is 0 Å². The van der Waals surface area contributed by atoms with E-state index in [2.05, 4.69) is 114 Å². The van der Waals surface area contributed by atoms with E-state index < -0.39 is 0 Å². The Hall–Kier alpha value is -7.18. The maximum atomic E-state index is 6.54. The molecular weight excluding hydrogens is 639 g/mol. The molecular formula is C46H27N5O. The third-order valence-electron chi connectivity index (χ3n) is 10.0. The number of rotatable bonds is 4. The number of para-hydroxylation sites is 3. The standard InChI is InChI=1S/C46H27N5O/c1-3-13-28(14-4-1)43-34-24-26-40-42(41(34)33-19-7-10-20-36(33)47-43)35-27-30(23-25-39(35)52-40)45-48-44(29-15-5-2-6-16-29)49-46(50-45)51-37-21-11-8-17-31(37)32-18-9-12-22-38(32)51/h1-27H. The Morgan fingerprint density at radius 2 is 0.981 bits per heavy atom. The van der Waals surface area contributed by atoms with Gasteiger partial charge in [-0.15, -0.1) is 0 Å². The molecule has 4 heterocycles. The van der Waals surface area contributed by atoms with Crippen LogP contribution in [0.3, 0.4) is 0 Å². The highest BCUT2D eigenvalue weighted by Gasteiger charge is 2.20. The minimum absolute atomic E-state index is 0.563. The highest BCUT2D eigenvalue weighted by Crippen LogP contribution is 2.42. The number of furan rings is 1. The fourth-order valence-corrected chi connectivity index (χ4v) is 7.71. The number of nitrogens with zero attached hydrogens (tertiary/aromatic N) is 5. The Labute approximate surface area is 297 Å². The summed E-state index contributed by atoms with van der Waals surface area (Å²) in [6.07, 6.45) is 0. The van der Waals surface area contributed by atoms with Crippen LogP contribution >= 0.6 is 0 Å². The fraction of sp³-hybridized carbons (Fsp3) is 0. The van der Waals surface area contributed by atoms with Gasteiger partial charge in [-0.2, -0.15) is 9.97 Å². The molecule has 0 amide bonds. The summed E-state index contributed by atoms with van der Waals surface area (Å²) in [4.78, 5) is 20.6. The van der Waals surface area contributed by atoms with Crippen LogP contribution in [0.2, 0.25) is 0 Å². The normalized spacial score (nSPS) is 11.8. The van der Waals surface area contributed by atoms with Crippen LogP contribution in [0.4, 0.5) is 0 Å². The Bertz CT molecular complexity index is 3130. The van der Waals surface area contributed by atoms with Gasteiger partial charge in [0.15, 0.2) is 11.6 Å². The van der Waals surface area contributed by atoms with Crippen LogP contribution in [0, 0.1) is 0 Å². The lowest BCUT2D eigenvalue weighted by Gasteiger charge is -2.12. The molecule has 11 aromatic rings. The molecule has 0 atom stereocenters. The summed E-state index contributed by atoms with van der Waals surface area (Å²) in [5, 5.41) is 7.61. The summed E-state index contributed by atoms with van der Waals surface area (Å²) < 4.78 is 8.68. The number of pyridine rings is 1. The molecule has 0 spiro atoms. The number of hydrogen-bond acceptors (Lipinski definition) is 5. The van der Waals surface area contributed by atoms with Gasteiger partial charge in [0.2, 0.25) is 5.95 Å². The lowest BCUT2D eigenvalue weighted by atomic mass is 9.96. The molecule has 11 rings (SSSR count). The second-order valence-corrected chi connectivity index (χ2v) is 13.0. The lowest BCUT2D eigenvalue weighted by molar-refractivity contribution is 0.669. The van der Waals surface area contributed by atoms with E-state index in [1.54, 1.807) is 0 Å². The van der Waals surface area contributed by atoms with Crippen molar-refractivity contribution < 1.29 is 4.42 Å². The van der Waals surface area contributed by atoms with Crippen LogP contribution in [0.1, 0.15) is 0 Å². The maximum Gasteiger partial charge on any atom is 0.238 e. The van der Waals surface area contributed by atoms with E-state index >= 15 is 0 Å². The van der Waals surface area contributed by atoms with Crippen molar-refractivity contribution in [3.63, 3.8) is 0 Å². The van der Waals surface area contributed by atoms with E-state index in [0.717, 1.165) is 87.8 Å². The van der Waals surface area contributed by atoms with Crippen LogP contribution in [0.15, 0.2) is 168 Å². The minimum atomic E-state index is 0.563. The zero-order chi connectivity index (χ0) is 34.2. The monoisotopic (exact) mass is 665 g/mol. The Morgan fingerprint density at radius 1 is 0.385 bits per heavy atom. The van der Waals surface area contributed by atoms with E-state index in [1.807, 2.05) is 54.6 Å². The van der Waals surface area contributed by atoms with Crippen molar-refractivity contribution in [3.05, 3.63) is 164 Å². The van der Waals surface area contributed by atoms with Crippen LogP contribution in [-0.2, 0) is 0 Å². The zero-order valence-corrected chi connectivity index (χ0v) is 27.7. The first kappa shape index (κ1) is 28.6. The molecule has 0 radical (unpaired) electrons. The average Bonchev–Trinajstić information content (AvgIpc) is 3.76. The van der Waals surface area contributed by atoms with Gasteiger partial charge >= 0.3 is 0 Å². The topological polar surface area (TPSA) is 69.6 Å². The Kier molecular flexibility index (Phi) is 6.15. The van der Waals surface area contributed by atoms with Crippen LogP contribution in [0.25, 0.3) is 105 Å². The van der Waals surface area contributed by atoms with Crippen molar-refractivity contribution >= 4 is 65.4 Å². The molecule has 4 aromatic heterocycles. The highest BCUT2D eigenvalue weighted by molar-refractivity contribution is 6.28. The van der Waals surface area contributed by atoms with E-state index in [-0.39, 0.29) is 0 Å². The van der Waals surface area contributed by atoms with E-state index in [4.69, 9.17) is 24.4 Å². The van der Waals surface area contributed by atoms with Gasteiger partial charge in [0.25, 0.3) is 0 Å². The molecule has 6 heteroatoms. The SMILES string of the molecule is c1ccc(-c2nc(-c3ccc4oc5ccc6c(-c7ccccc7)nc7ccccc7c6c5c4c3)nc(-n3c4ccccc4c4ccccc43)n2)cc1. The van der Waals surface area contributed by atoms with Crippen molar-refractivity contribution in [3.8, 4) is 40.0 Å². The molecule has 0 N–H and O–H groups in total. The molecule has 6 nitrogen and oxygen atoms in total. The third kappa shape index (κ3) is 4.31. The predicted molar refractivity (Wildman–Crippen MR) is 211 cm³/mol. The Balaban J connectivity index is 1.20. The van der Waals surface area contributed by atoms with Gasteiger partial charge in [-0.25, -0.2) is 9.97 Å². The van der Waals surface area contributed by atoms with Crippen molar-refractivity contribution in [2.75, 3.05) is 0 Å². The van der Waals surface area contributed by atoms with Crippen LogP contribution < -0.4 is 0 Å². The second kappa shape index (κ2) is 11.2. The predicted octanol–water partition coefficient (Wildman–Crippen LogP) is 11.6. The first-order valence-electron chi connectivity index (χ1n) is 17.3. The summed E-state index contributed by atoms with van der Waals surface area (Å²) in [5.74, 6) is 1.75. The summed E-state index contributed by atoms with van der Waals surface area (Å²) in [6, 6.07) is 56.1. The molecule has 0 saturated carbocycles. The largest absolute Gasteiger partial charge is 0.456 e. The maximum absolute atomic E-state index is 6.54. The fourth-order valence-electron chi connectivity index (χ4n) is 7.71. The quantitative estimate of drug-likeness (QED) is 0.175. The summed E-state index contributed by atoms with van der Waals surface area (Å²) >= 11 is 0. The van der Waals surface area contributed by atoms with Crippen molar-refractivity contribution in [1.82, 2.24) is 24.5 Å². The number of fused-ring (bicyclic) bond motifs is 10. The van der Waals surface area contributed by atoms with Gasteiger partial charge < -0.3 is 4.42 Å². The van der Waals surface area contributed by atoms with Gasteiger partial charge in [0.1, 0.15) is 11.2 Å². The highest BCUT2D eigenvalue weighted by atomic mass is 16.3. The average molecular weight is 666 g/mol. The second-order valence-electron chi connectivity index (χ2n) is 13.0. The molecule has 0 unspecified atom stereocenters. The van der Waals surface area contributed by atoms with Crippen molar-refractivity contribution in [1.29, 1.82) is 0 Å². The van der Waals surface area contributed by atoms with E-state index in [1.165, 1.54) is 0 Å². The van der Waals surface area contributed by atoms with Gasteiger partial charge in [0.05, 0.1) is 22.2 Å². The molecule has 0 saturated heterocycles. The lowest BCUT2D eigenvalue weighted by Crippen LogP contribution is -2.06. The third-order valence-corrected chi connectivity index (χ3v) is 10.0. The van der Waals surface area contributed by atoms with E-state index in [0.29, 0.717) is 17.6 Å². The molecule has 0 aliphatic heterocycles. The number of aromatic nitrogens is 5. The summed E-state index contributed by atoms with van der Waals surface area (Å²) in [7, 11) is 0. The van der Waals surface area contributed by atoms with Crippen LogP contribution in [0.5, 0.6) is 0 Å². The van der Waals surface area contributed by atoms with Gasteiger partial charge in [-0.1, -0.05) is 115 Å². The molecule has 0 bridgehead atoms. The van der Waals surface area contributed by atoms with Gasteiger partial charge in [-0.3, -0.25) is 4.57 Å². The molecule has 52 heavy (non-hydrogen) atoms. The first-order chi connectivity index (χ1) is 25.8. The van der Waals surface area contributed by atoms with Crippen molar-refractivity contribution in [2.45, 2.75) is 0 Å². The smallest absolute Gasteiger partial charge is 0.238 e. The molecule has 242 valence electrons. The van der Waals surface area contributed by atoms with Gasteiger partial charge in [0, 0.05) is 54.4 Å². The number of hydrogen-bond donors (Lipinski definition) is 0. The zero-order valence-electron chi connectivity index (χ0n) is 27.7. The van der Waals surface area contributed by atoms with Crippen LogP contribution in [-0.4, -0.2) is 24.5 Å². The molecule has 7 aromatic carbocycles.